The van der Waals surface area contributed by atoms with Crippen molar-refractivity contribution in [3.8, 4) is 17.2 Å². The van der Waals surface area contributed by atoms with E-state index in [0.717, 1.165) is 29.5 Å². The molecule has 2 fully saturated rings. The minimum Gasteiger partial charge on any atom is -0.493 e. The zero-order valence-electron chi connectivity index (χ0n) is 24.3. The minimum absolute atomic E-state index is 0.0249. The predicted octanol–water partition coefficient (Wildman–Crippen LogP) is 5.47. The van der Waals surface area contributed by atoms with Crippen molar-refractivity contribution in [3.05, 3.63) is 94.8 Å². The maximum Gasteiger partial charge on any atom is 0.253 e. The van der Waals surface area contributed by atoms with Gasteiger partial charge in [0.15, 0.2) is 11.5 Å². The number of carbonyl (C=O) groups excluding carboxylic acids is 2. The van der Waals surface area contributed by atoms with Gasteiger partial charge in [-0.3, -0.25) is 9.59 Å². The van der Waals surface area contributed by atoms with E-state index in [1.165, 1.54) is 12.1 Å². The van der Waals surface area contributed by atoms with Crippen LogP contribution in [0.5, 0.6) is 17.2 Å². The number of hydrogen-bond donors (Lipinski definition) is 0. The number of benzene rings is 3. The lowest BCUT2D eigenvalue weighted by Crippen LogP contribution is -2.33. The van der Waals surface area contributed by atoms with Crippen LogP contribution in [0.15, 0.2) is 66.7 Å². The molecule has 2 aliphatic rings. The first-order valence-electron chi connectivity index (χ1n) is 14.3. The van der Waals surface area contributed by atoms with Gasteiger partial charge in [-0.25, -0.2) is 4.39 Å². The summed E-state index contributed by atoms with van der Waals surface area (Å²) >= 11 is 0. The number of halogens is 1. The zero-order valence-corrected chi connectivity index (χ0v) is 24.3. The summed E-state index contributed by atoms with van der Waals surface area (Å²) in [6.45, 7) is 2.74. The van der Waals surface area contributed by atoms with Crippen LogP contribution in [0.4, 0.5) is 4.39 Å². The Balaban J connectivity index is 1.15. The lowest BCUT2D eigenvalue weighted by Gasteiger charge is -2.22. The summed E-state index contributed by atoms with van der Waals surface area (Å²) in [5, 5.41) is 0. The summed E-state index contributed by atoms with van der Waals surface area (Å²) in [5.74, 6) is 2.08. The van der Waals surface area contributed by atoms with E-state index in [4.69, 9.17) is 14.2 Å². The van der Waals surface area contributed by atoms with Crippen LogP contribution in [0.25, 0.3) is 6.08 Å². The summed E-state index contributed by atoms with van der Waals surface area (Å²) in [4.78, 5) is 30.2. The molecule has 2 atom stereocenters. The molecule has 7 nitrogen and oxygen atoms in total. The topological polar surface area (TPSA) is 68.3 Å². The van der Waals surface area contributed by atoms with E-state index in [-0.39, 0.29) is 17.6 Å². The molecule has 0 unspecified atom stereocenters. The highest BCUT2D eigenvalue weighted by Gasteiger charge is 2.37. The average Bonchev–Trinajstić information content (AvgIpc) is 3.32. The molecule has 0 aliphatic carbocycles. The number of ether oxygens (including phenoxy) is 3. The number of fused-ring (bicyclic) bond motifs is 1. The largest absolute Gasteiger partial charge is 0.493 e. The number of carbonyl (C=O) groups is 2. The van der Waals surface area contributed by atoms with Gasteiger partial charge in [0.2, 0.25) is 11.7 Å². The average molecular weight is 573 g/mol. The van der Waals surface area contributed by atoms with Crippen molar-refractivity contribution in [2.75, 3.05) is 47.5 Å². The summed E-state index contributed by atoms with van der Waals surface area (Å²) in [7, 11) is 4.68. The maximum atomic E-state index is 13.5. The van der Waals surface area contributed by atoms with Crippen molar-refractivity contribution in [2.24, 2.45) is 11.8 Å². The van der Waals surface area contributed by atoms with Gasteiger partial charge in [-0.1, -0.05) is 24.3 Å². The molecule has 220 valence electrons. The third-order valence-corrected chi connectivity index (χ3v) is 8.32. The molecule has 2 aliphatic heterocycles. The van der Waals surface area contributed by atoms with E-state index in [2.05, 4.69) is 0 Å². The second kappa shape index (κ2) is 13.1. The van der Waals surface area contributed by atoms with Crippen LogP contribution >= 0.6 is 0 Å². The highest BCUT2D eigenvalue weighted by molar-refractivity contribution is 5.94. The summed E-state index contributed by atoms with van der Waals surface area (Å²) in [6.07, 6.45) is 5.72. The van der Waals surface area contributed by atoms with Crippen LogP contribution in [0.3, 0.4) is 0 Å². The lowest BCUT2D eigenvalue weighted by molar-refractivity contribution is -0.125. The molecule has 2 amide bonds. The van der Waals surface area contributed by atoms with E-state index >= 15 is 0 Å². The second-order valence-corrected chi connectivity index (χ2v) is 10.9. The number of hydrogen-bond acceptors (Lipinski definition) is 5. The van der Waals surface area contributed by atoms with Crippen molar-refractivity contribution in [1.29, 1.82) is 0 Å². The summed E-state index contributed by atoms with van der Waals surface area (Å²) < 4.78 is 29.7. The van der Waals surface area contributed by atoms with Gasteiger partial charge in [0.05, 0.1) is 21.3 Å². The normalized spacial score (nSPS) is 18.5. The van der Waals surface area contributed by atoms with Gasteiger partial charge in [-0.15, -0.1) is 0 Å². The van der Waals surface area contributed by atoms with Crippen LogP contribution in [0.1, 0.15) is 39.9 Å². The highest BCUT2D eigenvalue weighted by atomic mass is 19.1. The van der Waals surface area contributed by atoms with E-state index in [1.54, 1.807) is 39.5 Å². The van der Waals surface area contributed by atoms with Crippen molar-refractivity contribution < 1.29 is 28.2 Å². The number of amides is 2. The van der Waals surface area contributed by atoms with Gasteiger partial charge in [0.25, 0.3) is 5.91 Å². The lowest BCUT2D eigenvalue weighted by atomic mass is 9.92. The molecule has 0 aromatic heterocycles. The zero-order chi connectivity index (χ0) is 29.6. The predicted molar refractivity (Wildman–Crippen MR) is 159 cm³/mol. The van der Waals surface area contributed by atoms with Crippen molar-refractivity contribution in [1.82, 2.24) is 9.80 Å². The molecular weight excluding hydrogens is 535 g/mol. The Hall–Kier alpha value is -4.33. The van der Waals surface area contributed by atoms with Crippen molar-refractivity contribution in [3.63, 3.8) is 0 Å². The summed E-state index contributed by atoms with van der Waals surface area (Å²) in [6, 6.07) is 17.8. The summed E-state index contributed by atoms with van der Waals surface area (Å²) in [5.41, 5.74) is 3.38. The van der Waals surface area contributed by atoms with Gasteiger partial charge in [0, 0.05) is 37.8 Å². The number of nitrogens with zero attached hydrogens (tertiary/aromatic N) is 2. The van der Waals surface area contributed by atoms with Crippen LogP contribution in [-0.2, 0) is 11.2 Å². The van der Waals surface area contributed by atoms with Crippen LogP contribution in [0, 0.1) is 17.7 Å². The second-order valence-electron chi connectivity index (χ2n) is 10.9. The van der Waals surface area contributed by atoms with Gasteiger partial charge in [-0.2, -0.15) is 0 Å². The highest BCUT2D eigenvalue weighted by Crippen LogP contribution is 2.38. The van der Waals surface area contributed by atoms with Crippen molar-refractivity contribution >= 4 is 17.9 Å². The van der Waals surface area contributed by atoms with Crippen LogP contribution < -0.4 is 14.2 Å². The molecule has 8 heteroatoms. The molecule has 3 aromatic carbocycles. The number of methoxy groups -OCH3 is 3. The van der Waals surface area contributed by atoms with Gasteiger partial charge in [0.1, 0.15) is 5.82 Å². The van der Waals surface area contributed by atoms with Gasteiger partial charge in [-0.05, 0) is 90.3 Å². The maximum absolute atomic E-state index is 13.5. The Morgan fingerprint density at radius 1 is 0.833 bits per heavy atom. The molecule has 0 spiro atoms. The number of rotatable bonds is 8. The first-order valence-corrected chi connectivity index (χ1v) is 14.3. The van der Waals surface area contributed by atoms with Crippen LogP contribution in [0.2, 0.25) is 0 Å². The molecule has 5 rings (SSSR count). The van der Waals surface area contributed by atoms with E-state index in [0.29, 0.717) is 67.2 Å². The molecule has 3 aromatic rings. The molecule has 0 saturated carbocycles. The fourth-order valence-electron chi connectivity index (χ4n) is 6.03. The fourth-order valence-corrected chi connectivity index (χ4v) is 6.03. The molecule has 2 heterocycles. The van der Waals surface area contributed by atoms with Gasteiger partial charge >= 0.3 is 0 Å². The Bertz CT molecular complexity index is 1410. The smallest absolute Gasteiger partial charge is 0.253 e. The minimum atomic E-state index is -0.246. The SMILES string of the molecule is COc1cc(/C=C/C(=O)N2C[C@H]3CCN(C(=O)c4ccc(Cc5cccc(F)c5)cc4)CC[C@H]3C2)cc(OC)c1OC. The Kier molecular flexibility index (Phi) is 9.10. The molecule has 0 N–H and O–H groups in total. The monoisotopic (exact) mass is 572 g/mol. The van der Waals surface area contributed by atoms with E-state index < -0.39 is 0 Å². The van der Waals surface area contributed by atoms with Crippen LogP contribution in [-0.4, -0.2) is 69.1 Å². The van der Waals surface area contributed by atoms with Crippen molar-refractivity contribution in [2.45, 2.75) is 19.3 Å². The quantitative estimate of drug-likeness (QED) is 0.335. The third kappa shape index (κ3) is 6.59. The Labute approximate surface area is 246 Å². The Morgan fingerprint density at radius 2 is 1.48 bits per heavy atom. The molecular formula is C34H37FN2O5. The number of likely N-dealkylation sites (tertiary alicyclic amines) is 2. The first kappa shape index (κ1) is 29.2. The fraction of sp³-hybridized carbons (Fsp3) is 0.353. The van der Waals surface area contributed by atoms with Gasteiger partial charge < -0.3 is 24.0 Å². The first-order chi connectivity index (χ1) is 20.4. The molecule has 0 radical (unpaired) electrons. The Morgan fingerprint density at radius 3 is 2.05 bits per heavy atom. The molecule has 2 saturated heterocycles. The standard InChI is InChI=1S/C34H37FN2O5/c1-40-30-19-25(20-31(41-2)33(30)42-3)9-12-32(38)37-21-27-13-15-36(16-14-28(27)22-37)34(39)26-10-7-23(8-11-26)17-24-5-4-6-29(35)18-24/h4-12,18-20,27-28H,13-17,21-22H2,1-3H3/b12-9+/t27-,28+. The van der Waals surface area contributed by atoms with E-state index in [1.807, 2.05) is 52.3 Å². The van der Waals surface area contributed by atoms with E-state index in [9.17, 15) is 14.0 Å². The molecule has 0 bridgehead atoms. The third-order valence-electron chi connectivity index (χ3n) is 8.32. The molecule has 42 heavy (non-hydrogen) atoms.